The first-order valence-electron chi connectivity index (χ1n) is 12.1. The molecule has 1 aromatic heterocycles. The Labute approximate surface area is 219 Å². The summed E-state index contributed by atoms with van der Waals surface area (Å²) in [6.45, 7) is 1.30. The highest BCUT2D eigenvalue weighted by atomic mass is 19.1. The lowest BCUT2D eigenvalue weighted by Gasteiger charge is -2.11. The summed E-state index contributed by atoms with van der Waals surface area (Å²) in [5.74, 6) is 0.361. The first-order chi connectivity index (χ1) is 18.4. The molecular formula is C29H26FN3O5. The molecule has 1 N–H and O–H groups in total. The molecule has 4 aromatic rings. The number of benzene rings is 3. The molecule has 0 atom stereocenters. The number of aromatic nitrogens is 2. The number of carbonyl (C=O) groups is 2. The molecule has 194 valence electrons. The second kappa shape index (κ2) is 10.4. The van der Waals surface area contributed by atoms with Crippen molar-refractivity contribution in [3.63, 3.8) is 0 Å². The van der Waals surface area contributed by atoms with Crippen molar-refractivity contribution in [2.45, 2.75) is 19.8 Å². The third-order valence-electron chi connectivity index (χ3n) is 6.20. The molecule has 38 heavy (non-hydrogen) atoms. The van der Waals surface area contributed by atoms with Crippen molar-refractivity contribution < 1.29 is 28.2 Å². The molecule has 0 saturated heterocycles. The average molecular weight is 516 g/mol. The van der Waals surface area contributed by atoms with Gasteiger partial charge in [-0.1, -0.05) is 12.1 Å². The largest absolute Gasteiger partial charge is 0.493 e. The fraction of sp³-hybridized carbons (Fsp3) is 0.207. The summed E-state index contributed by atoms with van der Waals surface area (Å²) < 4.78 is 31.7. The third-order valence-corrected chi connectivity index (χ3v) is 6.20. The second-order valence-corrected chi connectivity index (χ2v) is 8.92. The molecule has 3 aromatic carbocycles. The van der Waals surface area contributed by atoms with Crippen molar-refractivity contribution in [3.05, 3.63) is 72.5 Å². The molecular weight excluding hydrogens is 489 g/mol. The van der Waals surface area contributed by atoms with Gasteiger partial charge in [0.25, 0.3) is 0 Å². The molecule has 9 heteroatoms. The van der Waals surface area contributed by atoms with E-state index in [0.717, 1.165) is 12.8 Å². The Hall–Kier alpha value is -4.66. The van der Waals surface area contributed by atoms with E-state index in [1.807, 2.05) is 18.2 Å². The van der Waals surface area contributed by atoms with E-state index in [2.05, 4.69) is 5.32 Å². The fourth-order valence-corrected chi connectivity index (χ4v) is 4.15. The van der Waals surface area contributed by atoms with Gasteiger partial charge in [0.15, 0.2) is 11.5 Å². The normalized spacial score (nSPS) is 12.6. The topological polar surface area (TPSA) is 91.7 Å². The minimum atomic E-state index is -0.540. The molecule has 0 radical (unpaired) electrons. The van der Waals surface area contributed by atoms with Gasteiger partial charge in [-0.25, -0.2) is 4.39 Å². The first kappa shape index (κ1) is 25.0. The highest BCUT2D eigenvalue weighted by Gasteiger charge is 2.30. The zero-order valence-electron chi connectivity index (χ0n) is 21.2. The lowest BCUT2D eigenvalue weighted by Crippen LogP contribution is -2.13. The highest BCUT2D eigenvalue weighted by molar-refractivity contribution is 5.95. The summed E-state index contributed by atoms with van der Waals surface area (Å²) in [7, 11) is 3.09. The molecule has 8 nitrogen and oxygen atoms in total. The SMILES string of the molecule is COc1ccc(-c2nn(-c3ccc(F)cc3)c(OC(C)=O)c2-c2ccc(NC(=O)C3CC3)cc2)cc1OC. The fourth-order valence-electron chi connectivity index (χ4n) is 4.15. The van der Waals surface area contributed by atoms with Gasteiger partial charge in [0.05, 0.1) is 25.5 Å². The number of hydrogen-bond donors (Lipinski definition) is 1. The standard InChI is InChI=1S/C29H26FN3O5/c1-17(34)38-29-26(18-6-11-22(12-7-18)31-28(35)19-4-5-19)27(20-8-15-24(36-2)25(16-20)37-3)32-33(29)23-13-9-21(30)10-14-23/h6-16,19H,4-5H2,1-3H3,(H,31,35). The Balaban J connectivity index is 1.68. The maximum Gasteiger partial charge on any atom is 0.309 e. The average Bonchev–Trinajstić information content (AvgIpc) is 3.71. The van der Waals surface area contributed by atoms with E-state index in [-0.39, 0.29) is 17.7 Å². The molecule has 1 aliphatic rings. The molecule has 0 unspecified atom stereocenters. The molecule has 5 rings (SSSR count). The summed E-state index contributed by atoms with van der Waals surface area (Å²) in [4.78, 5) is 24.4. The van der Waals surface area contributed by atoms with Gasteiger partial charge in [-0.05, 0) is 73.0 Å². The number of amides is 1. The van der Waals surface area contributed by atoms with E-state index in [1.165, 1.54) is 23.7 Å². The monoisotopic (exact) mass is 515 g/mol. The number of hydrogen-bond acceptors (Lipinski definition) is 6. The van der Waals surface area contributed by atoms with Crippen molar-refractivity contribution in [1.82, 2.24) is 9.78 Å². The van der Waals surface area contributed by atoms with Gasteiger partial charge in [-0.3, -0.25) is 9.59 Å². The summed E-state index contributed by atoms with van der Waals surface area (Å²) in [5.41, 5.74) is 3.59. The molecule has 1 saturated carbocycles. The molecule has 0 aliphatic heterocycles. The van der Waals surface area contributed by atoms with Gasteiger partial charge in [-0.15, -0.1) is 0 Å². The van der Waals surface area contributed by atoms with Gasteiger partial charge in [-0.2, -0.15) is 9.78 Å². The molecule has 1 heterocycles. The Morgan fingerprint density at radius 3 is 2.18 bits per heavy atom. The zero-order chi connectivity index (χ0) is 26.8. The van der Waals surface area contributed by atoms with Gasteiger partial charge in [0.1, 0.15) is 11.5 Å². The number of anilines is 1. The van der Waals surface area contributed by atoms with Crippen LogP contribution in [0.3, 0.4) is 0 Å². The quantitative estimate of drug-likeness (QED) is 0.306. The first-order valence-corrected chi connectivity index (χ1v) is 12.1. The van der Waals surface area contributed by atoms with E-state index >= 15 is 0 Å². The van der Waals surface area contributed by atoms with Crippen molar-refractivity contribution in [2.75, 3.05) is 19.5 Å². The van der Waals surface area contributed by atoms with Crippen LogP contribution in [0.15, 0.2) is 66.7 Å². The predicted octanol–water partition coefficient (Wildman–Crippen LogP) is 5.64. The van der Waals surface area contributed by atoms with E-state index in [1.54, 1.807) is 50.6 Å². The van der Waals surface area contributed by atoms with Crippen LogP contribution in [-0.4, -0.2) is 35.9 Å². The van der Waals surface area contributed by atoms with Crippen LogP contribution in [0.2, 0.25) is 0 Å². The van der Waals surface area contributed by atoms with Crippen LogP contribution in [-0.2, 0) is 9.59 Å². The third kappa shape index (κ3) is 5.08. The summed E-state index contributed by atoms with van der Waals surface area (Å²) in [6, 6.07) is 18.3. The Bertz CT molecular complexity index is 1490. The van der Waals surface area contributed by atoms with Crippen LogP contribution in [0.25, 0.3) is 28.1 Å². The van der Waals surface area contributed by atoms with Crippen LogP contribution < -0.4 is 19.5 Å². The Kier molecular flexibility index (Phi) is 6.83. The van der Waals surface area contributed by atoms with Crippen LogP contribution in [0.4, 0.5) is 10.1 Å². The summed E-state index contributed by atoms with van der Waals surface area (Å²) in [6.07, 6.45) is 1.82. The van der Waals surface area contributed by atoms with E-state index < -0.39 is 11.8 Å². The number of rotatable bonds is 8. The van der Waals surface area contributed by atoms with Crippen LogP contribution in [0.1, 0.15) is 19.8 Å². The lowest BCUT2D eigenvalue weighted by atomic mass is 10.0. The summed E-state index contributed by atoms with van der Waals surface area (Å²) >= 11 is 0. The predicted molar refractivity (Wildman–Crippen MR) is 140 cm³/mol. The zero-order valence-corrected chi connectivity index (χ0v) is 21.2. The number of carbonyl (C=O) groups excluding carboxylic acids is 2. The maximum absolute atomic E-state index is 13.7. The maximum atomic E-state index is 13.7. The van der Waals surface area contributed by atoms with Crippen molar-refractivity contribution in [3.8, 4) is 45.5 Å². The van der Waals surface area contributed by atoms with Crippen LogP contribution >= 0.6 is 0 Å². The van der Waals surface area contributed by atoms with Crippen molar-refractivity contribution in [2.24, 2.45) is 5.92 Å². The van der Waals surface area contributed by atoms with Crippen molar-refractivity contribution >= 4 is 17.6 Å². The molecule has 1 fully saturated rings. The van der Waals surface area contributed by atoms with E-state index in [4.69, 9.17) is 19.3 Å². The Morgan fingerprint density at radius 1 is 0.921 bits per heavy atom. The number of esters is 1. The number of ether oxygens (including phenoxy) is 3. The molecule has 0 bridgehead atoms. The molecule has 0 spiro atoms. The van der Waals surface area contributed by atoms with Crippen molar-refractivity contribution in [1.29, 1.82) is 0 Å². The number of nitrogens with zero attached hydrogens (tertiary/aromatic N) is 2. The highest BCUT2D eigenvalue weighted by Crippen LogP contribution is 2.43. The smallest absolute Gasteiger partial charge is 0.309 e. The number of halogens is 1. The van der Waals surface area contributed by atoms with Gasteiger partial charge in [0, 0.05) is 24.1 Å². The van der Waals surface area contributed by atoms with E-state index in [0.29, 0.717) is 45.3 Å². The van der Waals surface area contributed by atoms with Gasteiger partial charge < -0.3 is 19.5 Å². The van der Waals surface area contributed by atoms with Crippen LogP contribution in [0, 0.1) is 11.7 Å². The van der Waals surface area contributed by atoms with E-state index in [9.17, 15) is 14.0 Å². The number of nitrogens with one attached hydrogen (secondary N) is 1. The Morgan fingerprint density at radius 2 is 1.58 bits per heavy atom. The summed E-state index contributed by atoms with van der Waals surface area (Å²) in [5, 5.41) is 7.72. The minimum absolute atomic E-state index is 0.00787. The van der Waals surface area contributed by atoms with Gasteiger partial charge in [0.2, 0.25) is 11.8 Å². The molecule has 1 amide bonds. The molecule has 1 aliphatic carbocycles. The van der Waals surface area contributed by atoms with Gasteiger partial charge >= 0.3 is 5.97 Å². The van der Waals surface area contributed by atoms with Crippen LogP contribution in [0.5, 0.6) is 17.4 Å². The second-order valence-electron chi connectivity index (χ2n) is 8.92. The lowest BCUT2D eigenvalue weighted by molar-refractivity contribution is -0.132. The minimum Gasteiger partial charge on any atom is -0.493 e. The number of methoxy groups -OCH3 is 2.